The van der Waals surface area contributed by atoms with Gasteiger partial charge in [0.05, 0.1) is 29.0 Å². The highest BCUT2D eigenvalue weighted by Crippen LogP contribution is 2.42. The summed E-state index contributed by atoms with van der Waals surface area (Å²) in [7, 11) is -8.89. The van der Waals surface area contributed by atoms with Crippen molar-refractivity contribution in [3.05, 3.63) is 41.7 Å². The molecule has 0 aliphatic carbocycles. The predicted octanol–water partition coefficient (Wildman–Crippen LogP) is 6.02. The molecular weight excluding hydrogens is 606 g/mol. The maximum absolute atomic E-state index is 13.8. The highest BCUT2D eigenvalue weighted by Gasteiger charge is 2.28. The summed E-state index contributed by atoms with van der Waals surface area (Å²) in [5.41, 5.74) is 0.0959. The SMILES string of the molecule is C=NCCCCCCCOc1cc2sc(S(=O)(=O)NCP(=O)(O)Oc3ccc(C#N)c(F)c3)nc2cc1OCCCC. The summed E-state index contributed by atoms with van der Waals surface area (Å²) in [5.74, 6) is -0.329. The van der Waals surface area contributed by atoms with Gasteiger partial charge in [0.1, 0.15) is 23.9 Å². The van der Waals surface area contributed by atoms with E-state index in [1.807, 2.05) is 11.6 Å². The van der Waals surface area contributed by atoms with Crippen LogP contribution in [-0.4, -0.2) is 51.1 Å². The minimum Gasteiger partial charge on any atom is -0.490 e. The van der Waals surface area contributed by atoms with E-state index >= 15 is 0 Å². The monoisotopic (exact) mass is 640 g/mol. The van der Waals surface area contributed by atoms with E-state index in [0.29, 0.717) is 34.9 Å². The van der Waals surface area contributed by atoms with Gasteiger partial charge in [-0.2, -0.15) is 9.98 Å². The zero-order valence-corrected chi connectivity index (χ0v) is 25.8. The smallest absolute Gasteiger partial charge is 0.391 e. The first kappa shape index (κ1) is 33.4. The molecule has 1 aromatic heterocycles. The molecule has 2 N–H and O–H groups in total. The Hall–Kier alpha value is -3.08. The van der Waals surface area contributed by atoms with Crippen LogP contribution in [0.2, 0.25) is 0 Å². The molecule has 1 heterocycles. The molecular formula is C27H34FN4O7PS2. The number of fused-ring (bicyclic) bond motifs is 1. The fourth-order valence-corrected chi connectivity index (χ4v) is 7.46. The topological polar surface area (TPSA) is 160 Å². The van der Waals surface area contributed by atoms with Crippen molar-refractivity contribution >= 4 is 45.9 Å². The Labute approximate surface area is 249 Å². The van der Waals surface area contributed by atoms with Crippen LogP contribution < -0.4 is 18.7 Å². The largest absolute Gasteiger partial charge is 0.490 e. The van der Waals surface area contributed by atoms with Gasteiger partial charge in [-0.15, -0.1) is 11.3 Å². The molecule has 0 saturated carbocycles. The van der Waals surface area contributed by atoms with Crippen molar-refractivity contribution in [2.24, 2.45) is 4.99 Å². The summed E-state index contributed by atoms with van der Waals surface area (Å²) in [6.45, 7) is 7.22. The molecule has 3 rings (SSSR count). The van der Waals surface area contributed by atoms with Crippen molar-refractivity contribution in [3.8, 4) is 23.3 Å². The number of benzene rings is 2. The summed E-state index contributed by atoms with van der Waals surface area (Å²) in [6, 6.07) is 7.91. The van der Waals surface area contributed by atoms with Crippen molar-refractivity contribution in [3.63, 3.8) is 0 Å². The summed E-state index contributed by atoms with van der Waals surface area (Å²) in [4.78, 5) is 18.2. The van der Waals surface area contributed by atoms with Crippen molar-refractivity contribution < 1.29 is 36.3 Å². The van der Waals surface area contributed by atoms with Crippen molar-refractivity contribution in [1.29, 1.82) is 5.26 Å². The number of rotatable bonds is 19. The van der Waals surface area contributed by atoms with Gasteiger partial charge in [0.2, 0.25) is 4.34 Å². The second kappa shape index (κ2) is 16.0. The molecule has 1 atom stereocenters. The van der Waals surface area contributed by atoms with E-state index in [9.17, 15) is 22.3 Å². The summed E-state index contributed by atoms with van der Waals surface area (Å²) >= 11 is 0.867. The molecule has 0 saturated heterocycles. The van der Waals surface area contributed by atoms with Crippen LogP contribution in [0.4, 0.5) is 4.39 Å². The molecule has 0 amide bonds. The molecule has 3 aromatic rings. The van der Waals surface area contributed by atoms with E-state index < -0.39 is 29.7 Å². The van der Waals surface area contributed by atoms with Crippen LogP contribution in [0.3, 0.4) is 0 Å². The van der Waals surface area contributed by atoms with E-state index in [2.05, 4.69) is 16.7 Å². The third-order valence-electron chi connectivity index (χ3n) is 5.90. The number of nitrogens with one attached hydrogen (secondary N) is 1. The summed E-state index contributed by atoms with van der Waals surface area (Å²) in [5, 5.41) is 8.81. The molecule has 42 heavy (non-hydrogen) atoms. The maximum Gasteiger partial charge on any atom is 0.391 e. The number of hydrogen-bond donors (Lipinski definition) is 2. The molecule has 2 aromatic carbocycles. The van der Waals surface area contributed by atoms with Gasteiger partial charge in [0.25, 0.3) is 10.0 Å². The number of halogens is 1. The van der Waals surface area contributed by atoms with Crippen LogP contribution >= 0.6 is 18.9 Å². The van der Waals surface area contributed by atoms with Crippen molar-refractivity contribution in [1.82, 2.24) is 9.71 Å². The molecule has 0 bridgehead atoms. The van der Waals surface area contributed by atoms with Gasteiger partial charge in [0, 0.05) is 24.7 Å². The van der Waals surface area contributed by atoms with Gasteiger partial charge in [0.15, 0.2) is 11.5 Å². The third kappa shape index (κ3) is 10.0. The minimum atomic E-state index is -4.58. The summed E-state index contributed by atoms with van der Waals surface area (Å²) in [6.07, 6.45) is 5.78. The predicted molar refractivity (Wildman–Crippen MR) is 160 cm³/mol. The first-order valence-electron chi connectivity index (χ1n) is 13.4. The van der Waals surface area contributed by atoms with E-state index in [0.717, 1.165) is 81.0 Å². The Kier molecular flexibility index (Phi) is 12.7. The van der Waals surface area contributed by atoms with Gasteiger partial charge in [-0.25, -0.2) is 22.4 Å². The molecule has 0 spiro atoms. The Bertz CT molecular complexity index is 1560. The van der Waals surface area contributed by atoms with Crippen LogP contribution in [0.5, 0.6) is 17.2 Å². The molecule has 0 aliphatic heterocycles. The van der Waals surface area contributed by atoms with E-state index in [-0.39, 0.29) is 15.7 Å². The zero-order valence-electron chi connectivity index (χ0n) is 23.3. The maximum atomic E-state index is 13.8. The molecule has 1 unspecified atom stereocenters. The Balaban J connectivity index is 1.69. The molecule has 15 heteroatoms. The second-order valence-corrected chi connectivity index (χ2v) is 14.0. The van der Waals surface area contributed by atoms with E-state index in [1.165, 1.54) is 0 Å². The average molecular weight is 641 g/mol. The Morgan fingerprint density at radius 2 is 1.81 bits per heavy atom. The van der Waals surface area contributed by atoms with Gasteiger partial charge < -0.3 is 23.9 Å². The highest BCUT2D eigenvalue weighted by molar-refractivity contribution is 7.91. The highest BCUT2D eigenvalue weighted by atomic mass is 32.2. The lowest BCUT2D eigenvalue weighted by Gasteiger charge is -2.14. The Morgan fingerprint density at radius 1 is 1.12 bits per heavy atom. The molecule has 0 fully saturated rings. The Morgan fingerprint density at radius 3 is 2.50 bits per heavy atom. The van der Waals surface area contributed by atoms with Crippen LogP contribution in [-0.2, 0) is 14.6 Å². The van der Waals surface area contributed by atoms with Crippen LogP contribution in [0.25, 0.3) is 10.2 Å². The summed E-state index contributed by atoms with van der Waals surface area (Å²) < 4.78 is 71.2. The zero-order chi connectivity index (χ0) is 30.6. The lowest BCUT2D eigenvalue weighted by Crippen LogP contribution is -2.25. The number of nitriles is 1. The standard InChI is InChI=1S/C27H34FN4O7PS2/c1-3-4-13-37-24-16-23-26(17-25(24)38-14-9-7-5-6-8-12-30-2)41-27(32-23)42(35,36)31-19-40(33,34)39-21-11-10-20(18-29)22(28)15-21/h10-11,15-17,31H,2-9,12-14,19H2,1H3,(H,33,34). The number of unbranched alkanes of at least 4 members (excludes halogenated alkanes) is 5. The van der Waals surface area contributed by atoms with E-state index in [1.54, 1.807) is 18.2 Å². The van der Waals surface area contributed by atoms with Crippen molar-refractivity contribution in [2.45, 2.75) is 56.2 Å². The van der Waals surface area contributed by atoms with Crippen molar-refractivity contribution in [2.75, 3.05) is 26.0 Å². The van der Waals surface area contributed by atoms with Crippen LogP contribution in [0, 0.1) is 17.1 Å². The average Bonchev–Trinajstić information content (AvgIpc) is 3.37. The quantitative estimate of drug-likeness (QED) is 0.0908. The van der Waals surface area contributed by atoms with Crippen LogP contribution in [0.15, 0.2) is 39.7 Å². The van der Waals surface area contributed by atoms with Crippen LogP contribution in [0.1, 0.15) is 57.4 Å². The first-order chi connectivity index (χ1) is 20.1. The number of aliphatic imine (C=N–C) groups is 1. The number of aromatic nitrogens is 1. The first-order valence-corrected chi connectivity index (χ1v) is 17.5. The van der Waals surface area contributed by atoms with Gasteiger partial charge in [-0.1, -0.05) is 32.6 Å². The molecule has 0 aliphatic rings. The van der Waals surface area contributed by atoms with Gasteiger partial charge in [-0.3, -0.25) is 0 Å². The van der Waals surface area contributed by atoms with Gasteiger partial charge in [-0.05, 0) is 38.1 Å². The molecule has 228 valence electrons. The lowest BCUT2D eigenvalue weighted by atomic mass is 10.1. The van der Waals surface area contributed by atoms with Gasteiger partial charge >= 0.3 is 7.60 Å². The fourth-order valence-electron chi connectivity index (χ4n) is 3.69. The second-order valence-electron chi connectivity index (χ2n) is 9.30. The number of thiazole rings is 1. The normalized spacial score (nSPS) is 12.9. The number of nitrogens with zero attached hydrogens (tertiary/aromatic N) is 3. The third-order valence-corrected chi connectivity index (χ3v) is 9.97. The lowest BCUT2D eigenvalue weighted by molar-refractivity contribution is 0.260. The fraction of sp³-hybridized carbons (Fsp3) is 0.444. The molecule has 11 nitrogen and oxygen atoms in total. The number of ether oxygens (including phenoxy) is 2. The number of hydrogen-bond acceptors (Lipinski definition) is 10. The minimum absolute atomic E-state index is 0.271. The number of sulfonamides is 1. The molecule has 0 radical (unpaired) electrons. The van der Waals surface area contributed by atoms with E-state index in [4.69, 9.17) is 19.3 Å².